The number of halogens is 2. The van der Waals surface area contributed by atoms with E-state index in [1.54, 1.807) is 24.3 Å². The lowest BCUT2D eigenvalue weighted by Crippen LogP contribution is -2.14. The van der Waals surface area contributed by atoms with E-state index in [2.05, 4.69) is 15.5 Å². The van der Waals surface area contributed by atoms with Crippen molar-refractivity contribution in [2.75, 3.05) is 5.32 Å². The van der Waals surface area contributed by atoms with Gasteiger partial charge in [0, 0.05) is 16.7 Å². The summed E-state index contributed by atoms with van der Waals surface area (Å²) in [6.45, 7) is 0. The Morgan fingerprint density at radius 1 is 1.11 bits per heavy atom. The molecular formula is C18H14ClFN4O4. The van der Waals surface area contributed by atoms with Gasteiger partial charge in [0.2, 0.25) is 5.91 Å². The van der Waals surface area contributed by atoms with Crippen molar-refractivity contribution in [3.8, 4) is 0 Å². The summed E-state index contributed by atoms with van der Waals surface area (Å²) in [5, 5.41) is 16.9. The number of carbonyl (C=O) groups is 3. The molecule has 0 atom stereocenters. The molecule has 144 valence electrons. The molecule has 0 aliphatic rings. The molecular weight excluding hydrogens is 391 g/mol. The molecule has 28 heavy (non-hydrogen) atoms. The first-order valence-electron chi connectivity index (χ1n) is 7.68. The highest BCUT2D eigenvalue weighted by molar-refractivity contribution is 6.31. The van der Waals surface area contributed by atoms with Gasteiger partial charge in [-0.3, -0.25) is 14.7 Å². The van der Waals surface area contributed by atoms with Gasteiger partial charge in [-0.25, -0.2) is 9.18 Å². The van der Waals surface area contributed by atoms with Crippen LogP contribution in [0.4, 0.5) is 10.2 Å². The Bertz CT molecular complexity index is 1010. The summed E-state index contributed by atoms with van der Waals surface area (Å²) in [5.41, 5.74) is 5.01. The van der Waals surface area contributed by atoms with Gasteiger partial charge in [-0.2, -0.15) is 5.10 Å². The van der Waals surface area contributed by atoms with E-state index in [1.807, 2.05) is 6.07 Å². The van der Waals surface area contributed by atoms with E-state index >= 15 is 0 Å². The minimum atomic E-state index is -1.24. The van der Waals surface area contributed by atoms with Gasteiger partial charge in [0.05, 0.1) is 5.56 Å². The van der Waals surface area contributed by atoms with Gasteiger partial charge in [0.1, 0.15) is 11.6 Å². The first kappa shape index (κ1) is 20.6. The van der Waals surface area contributed by atoms with Crippen molar-refractivity contribution < 1.29 is 23.9 Å². The molecule has 5 N–H and O–H groups in total. The third-order valence-corrected chi connectivity index (χ3v) is 3.51. The van der Waals surface area contributed by atoms with Crippen LogP contribution < -0.4 is 11.1 Å². The lowest BCUT2D eigenvalue weighted by molar-refractivity contribution is 0.0690. The number of nitrogens with one attached hydrogen (secondary N) is 2. The summed E-state index contributed by atoms with van der Waals surface area (Å²) in [4.78, 5) is 32.8. The lowest BCUT2D eigenvalue weighted by atomic mass is 10.2. The van der Waals surface area contributed by atoms with Crippen LogP contribution >= 0.6 is 11.6 Å². The van der Waals surface area contributed by atoms with Gasteiger partial charge in [0.25, 0.3) is 5.91 Å². The molecule has 0 spiro atoms. The van der Waals surface area contributed by atoms with Crippen LogP contribution in [0, 0.1) is 5.82 Å². The number of hydrogen-bond acceptors (Lipinski definition) is 4. The highest BCUT2D eigenvalue weighted by Gasteiger charge is 2.15. The molecule has 0 aliphatic carbocycles. The Balaban J connectivity index is 0.000000261. The highest BCUT2D eigenvalue weighted by atomic mass is 35.5. The number of rotatable bonds is 4. The van der Waals surface area contributed by atoms with Crippen LogP contribution in [0.15, 0.2) is 54.6 Å². The maximum atomic E-state index is 13.4. The normalized spacial score (nSPS) is 9.79. The molecule has 0 unspecified atom stereocenters. The third-order valence-electron chi connectivity index (χ3n) is 3.28. The van der Waals surface area contributed by atoms with E-state index in [9.17, 15) is 18.8 Å². The molecule has 1 heterocycles. The average molecular weight is 405 g/mol. The Labute approximate surface area is 163 Å². The molecule has 0 saturated heterocycles. The molecule has 2 aromatic carbocycles. The van der Waals surface area contributed by atoms with Crippen molar-refractivity contribution in [3.63, 3.8) is 0 Å². The van der Waals surface area contributed by atoms with Crippen molar-refractivity contribution in [1.82, 2.24) is 10.2 Å². The second-order valence-electron chi connectivity index (χ2n) is 5.28. The molecule has 2 amide bonds. The van der Waals surface area contributed by atoms with Crippen LogP contribution in [0.5, 0.6) is 0 Å². The zero-order valence-electron chi connectivity index (χ0n) is 14.1. The van der Waals surface area contributed by atoms with Gasteiger partial charge in [0.15, 0.2) is 5.69 Å². The number of nitrogens with zero attached hydrogens (tertiary/aromatic N) is 1. The quantitative estimate of drug-likeness (QED) is 0.529. The summed E-state index contributed by atoms with van der Waals surface area (Å²) in [6.07, 6.45) is 0. The van der Waals surface area contributed by atoms with Gasteiger partial charge >= 0.3 is 5.97 Å². The van der Waals surface area contributed by atoms with Crippen LogP contribution in [-0.4, -0.2) is 33.1 Å². The SMILES string of the molecule is NC(=O)c1ccccc1.O=C(O)c1cc(NC(=O)c2cc(Cl)ccc2F)[nH]n1. The van der Waals surface area contributed by atoms with Gasteiger partial charge < -0.3 is 16.2 Å². The van der Waals surface area contributed by atoms with E-state index < -0.39 is 17.7 Å². The highest BCUT2D eigenvalue weighted by Crippen LogP contribution is 2.16. The number of primary amides is 1. The summed E-state index contributed by atoms with van der Waals surface area (Å²) in [7, 11) is 0. The van der Waals surface area contributed by atoms with Crippen molar-refractivity contribution in [2.45, 2.75) is 0 Å². The molecule has 0 aliphatic heterocycles. The summed E-state index contributed by atoms with van der Waals surface area (Å²) in [6, 6.07) is 13.4. The molecule has 3 rings (SSSR count). The second-order valence-corrected chi connectivity index (χ2v) is 5.72. The molecule has 0 fully saturated rings. The van der Waals surface area contributed by atoms with E-state index in [0.717, 1.165) is 12.1 Å². The maximum Gasteiger partial charge on any atom is 0.356 e. The number of aromatic amines is 1. The predicted molar refractivity (Wildman–Crippen MR) is 99.9 cm³/mol. The molecule has 0 radical (unpaired) electrons. The first-order valence-corrected chi connectivity index (χ1v) is 8.05. The van der Waals surface area contributed by atoms with Crippen molar-refractivity contribution >= 4 is 35.2 Å². The number of carboxylic acid groups (broad SMARTS) is 1. The Morgan fingerprint density at radius 3 is 2.32 bits per heavy atom. The number of carboxylic acids is 1. The van der Waals surface area contributed by atoms with Gasteiger partial charge in [-0.1, -0.05) is 29.8 Å². The fourth-order valence-corrected chi connectivity index (χ4v) is 2.13. The first-order chi connectivity index (χ1) is 13.3. The summed E-state index contributed by atoms with van der Waals surface area (Å²) in [5.74, 6) is -3.08. The molecule has 0 saturated carbocycles. The summed E-state index contributed by atoms with van der Waals surface area (Å²) >= 11 is 5.67. The van der Waals surface area contributed by atoms with Crippen LogP contribution in [-0.2, 0) is 0 Å². The third kappa shape index (κ3) is 5.64. The van der Waals surface area contributed by atoms with Gasteiger partial charge in [-0.15, -0.1) is 0 Å². The molecule has 3 aromatic rings. The number of H-pyrrole nitrogens is 1. The number of aromatic nitrogens is 2. The Morgan fingerprint density at radius 2 is 1.79 bits per heavy atom. The standard InChI is InChI=1S/C11H7ClFN3O3.C7H7NO/c12-5-1-2-7(13)6(3-5)10(17)14-9-4-8(11(18)19)15-16-9;8-7(9)6-4-2-1-3-5-6/h1-4H,(H,18,19)(H2,14,15,16,17);1-5H,(H2,8,9). The monoisotopic (exact) mass is 404 g/mol. The Hall–Kier alpha value is -3.72. The van der Waals surface area contributed by atoms with Crippen LogP contribution in [0.25, 0.3) is 0 Å². The lowest BCUT2D eigenvalue weighted by Gasteiger charge is -2.03. The van der Waals surface area contributed by atoms with Crippen LogP contribution in [0.3, 0.4) is 0 Å². The van der Waals surface area contributed by atoms with Crippen molar-refractivity contribution in [3.05, 3.63) is 82.3 Å². The van der Waals surface area contributed by atoms with E-state index in [-0.39, 0.29) is 28.0 Å². The number of aromatic carboxylic acids is 1. The predicted octanol–water partition coefficient (Wildman–Crippen LogP) is 2.94. The maximum absolute atomic E-state index is 13.4. The van der Waals surface area contributed by atoms with Crippen molar-refractivity contribution in [2.24, 2.45) is 5.73 Å². The van der Waals surface area contributed by atoms with Crippen LogP contribution in [0.2, 0.25) is 5.02 Å². The Kier molecular flexibility index (Phi) is 6.83. The van der Waals surface area contributed by atoms with E-state index in [1.165, 1.54) is 12.1 Å². The molecule has 10 heteroatoms. The molecule has 8 nitrogen and oxygen atoms in total. The van der Waals surface area contributed by atoms with Crippen molar-refractivity contribution in [1.29, 1.82) is 0 Å². The number of nitrogens with two attached hydrogens (primary N) is 1. The molecule has 1 aromatic heterocycles. The van der Waals surface area contributed by atoms with Crippen LogP contribution in [0.1, 0.15) is 31.2 Å². The number of anilines is 1. The number of carbonyl (C=O) groups excluding carboxylic acids is 2. The zero-order valence-corrected chi connectivity index (χ0v) is 14.9. The zero-order chi connectivity index (χ0) is 20.7. The van der Waals surface area contributed by atoms with E-state index in [4.69, 9.17) is 22.4 Å². The fourth-order valence-electron chi connectivity index (χ4n) is 1.96. The minimum absolute atomic E-state index is 0.0433. The number of hydrogen-bond donors (Lipinski definition) is 4. The summed E-state index contributed by atoms with van der Waals surface area (Å²) < 4.78 is 13.4. The fraction of sp³-hybridized carbons (Fsp3) is 0. The molecule has 0 bridgehead atoms. The second kappa shape index (κ2) is 9.28. The largest absolute Gasteiger partial charge is 0.476 e. The number of amides is 2. The number of benzene rings is 2. The topological polar surface area (TPSA) is 138 Å². The smallest absolute Gasteiger partial charge is 0.356 e. The average Bonchev–Trinajstić information content (AvgIpc) is 3.13. The van der Waals surface area contributed by atoms with E-state index in [0.29, 0.717) is 5.56 Å². The van der Waals surface area contributed by atoms with Gasteiger partial charge in [-0.05, 0) is 30.3 Å². The minimum Gasteiger partial charge on any atom is -0.476 e.